The zero-order valence-electron chi connectivity index (χ0n) is 7.84. The molecule has 13 heavy (non-hydrogen) atoms. The van der Waals surface area contributed by atoms with E-state index in [1.807, 2.05) is 0 Å². The Balaban J connectivity index is 3.16. The summed E-state index contributed by atoms with van der Waals surface area (Å²) in [5.74, 6) is -0.401. The Morgan fingerprint density at radius 1 is 1.54 bits per heavy atom. The Bertz CT molecular complexity index is 171. The quantitative estimate of drug-likeness (QED) is 0.246. The van der Waals surface area contributed by atoms with Gasteiger partial charge in [-0.25, -0.2) is 10.3 Å². The summed E-state index contributed by atoms with van der Waals surface area (Å²) in [5.41, 5.74) is 8.18. The molecule has 0 amide bonds. The van der Waals surface area contributed by atoms with Crippen molar-refractivity contribution in [3.8, 4) is 0 Å². The second-order valence-electron chi connectivity index (χ2n) is 2.45. The first-order valence-electron chi connectivity index (χ1n) is 4.06. The van der Waals surface area contributed by atoms with E-state index in [2.05, 4.69) is 12.1 Å². The van der Waals surface area contributed by atoms with Crippen LogP contribution in [0.1, 0.15) is 6.92 Å². The molecule has 0 aliphatic carbocycles. The van der Waals surface area contributed by atoms with Crippen LogP contribution in [0.2, 0.25) is 0 Å². The molecule has 0 unspecified atom stereocenters. The van der Waals surface area contributed by atoms with Crippen LogP contribution >= 0.6 is 0 Å². The molecule has 76 valence electrons. The highest BCUT2D eigenvalue weighted by Crippen LogP contribution is 1.90. The third kappa shape index (κ3) is 7.45. The molecule has 5 heteroatoms. The maximum Gasteiger partial charge on any atom is 0.333 e. The standard InChI is InChI=1S/C8H16N2O3/c1-7(2)8(11)12-5-6-13-10-4-3-9/h10H,1,3-6,9H2,2H3. The summed E-state index contributed by atoms with van der Waals surface area (Å²) in [6, 6.07) is 0. The van der Waals surface area contributed by atoms with Crippen molar-refractivity contribution in [3.63, 3.8) is 0 Å². The van der Waals surface area contributed by atoms with E-state index >= 15 is 0 Å². The van der Waals surface area contributed by atoms with Crippen molar-refractivity contribution in [2.75, 3.05) is 26.3 Å². The van der Waals surface area contributed by atoms with Crippen LogP contribution in [0.15, 0.2) is 12.2 Å². The summed E-state index contributed by atoms with van der Waals surface area (Å²) in [4.78, 5) is 15.7. The summed E-state index contributed by atoms with van der Waals surface area (Å²) >= 11 is 0. The summed E-state index contributed by atoms with van der Waals surface area (Å²) in [6.45, 7) is 6.63. The Morgan fingerprint density at radius 3 is 2.77 bits per heavy atom. The van der Waals surface area contributed by atoms with Crippen molar-refractivity contribution in [2.24, 2.45) is 5.73 Å². The first-order valence-corrected chi connectivity index (χ1v) is 4.06. The molecule has 0 rings (SSSR count). The highest BCUT2D eigenvalue weighted by molar-refractivity contribution is 5.86. The molecule has 0 aromatic carbocycles. The zero-order chi connectivity index (χ0) is 10.1. The van der Waals surface area contributed by atoms with E-state index in [9.17, 15) is 4.79 Å². The summed E-state index contributed by atoms with van der Waals surface area (Å²) in [6.07, 6.45) is 0. The maximum atomic E-state index is 10.8. The van der Waals surface area contributed by atoms with Gasteiger partial charge >= 0.3 is 5.97 Å². The second-order valence-corrected chi connectivity index (χ2v) is 2.45. The number of rotatable bonds is 7. The lowest BCUT2D eigenvalue weighted by Gasteiger charge is -2.05. The number of nitrogens with one attached hydrogen (secondary N) is 1. The molecule has 0 bridgehead atoms. The number of hydrogen-bond acceptors (Lipinski definition) is 5. The van der Waals surface area contributed by atoms with Gasteiger partial charge in [0.05, 0.1) is 0 Å². The largest absolute Gasteiger partial charge is 0.460 e. The molecule has 0 saturated heterocycles. The minimum Gasteiger partial charge on any atom is -0.460 e. The molecule has 0 radical (unpaired) electrons. The van der Waals surface area contributed by atoms with Crippen molar-refractivity contribution < 1.29 is 14.4 Å². The molecule has 5 nitrogen and oxygen atoms in total. The summed E-state index contributed by atoms with van der Waals surface area (Å²) in [7, 11) is 0. The fourth-order valence-electron chi connectivity index (χ4n) is 0.502. The van der Waals surface area contributed by atoms with Crippen LogP contribution < -0.4 is 11.2 Å². The van der Waals surface area contributed by atoms with Gasteiger partial charge in [-0.05, 0) is 6.92 Å². The van der Waals surface area contributed by atoms with Gasteiger partial charge in [-0.2, -0.15) is 0 Å². The molecule has 0 aliphatic heterocycles. The van der Waals surface area contributed by atoms with Gasteiger partial charge in [0, 0.05) is 18.7 Å². The monoisotopic (exact) mass is 188 g/mol. The lowest BCUT2D eigenvalue weighted by Crippen LogP contribution is -2.24. The topological polar surface area (TPSA) is 73.6 Å². The van der Waals surface area contributed by atoms with Gasteiger partial charge < -0.3 is 10.5 Å². The van der Waals surface area contributed by atoms with E-state index in [1.54, 1.807) is 6.92 Å². The minimum absolute atomic E-state index is 0.212. The highest BCUT2D eigenvalue weighted by Gasteiger charge is 2.01. The fraction of sp³-hybridized carbons (Fsp3) is 0.625. The van der Waals surface area contributed by atoms with E-state index in [1.165, 1.54) is 0 Å². The lowest BCUT2D eigenvalue weighted by atomic mass is 10.4. The molecule has 0 heterocycles. The Kier molecular flexibility index (Phi) is 7.18. The Morgan fingerprint density at radius 2 is 2.23 bits per heavy atom. The van der Waals surface area contributed by atoms with Crippen molar-refractivity contribution >= 4 is 5.97 Å². The number of ether oxygens (including phenoxy) is 1. The van der Waals surface area contributed by atoms with E-state index in [0.29, 0.717) is 25.3 Å². The highest BCUT2D eigenvalue weighted by atomic mass is 16.7. The predicted octanol–water partition coefficient (Wildman–Crippen LogP) is -0.414. The molecule has 0 aromatic heterocycles. The lowest BCUT2D eigenvalue weighted by molar-refractivity contribution is -0.141. The first kappa shape index (κ1) is 12.1. The minimum atomic E-state index is -0.401. The molecule has 0 saturated carbocycles. The van der Waals surface area contributed by atoms with Crippen LogP contribution in [0.5, 0.6) is 0 Å². The van der Waals surface area contributed by atoms with Gasteiger partial charge in [0.1, 0.15) is 13.2 Å². The van der Waals surface area contributed by atoms with E-state index in [-0.39, 0.29) is 6.61 Å². The number of carbonyl (C=O) groups excluding carboxylic acids is 1. The van der Waals surface area contributed by atoms with Crippen LogP contribution in [0.3, 0.4) is 0 Å². The van der Waals surface area contributed by atoms with E-state index in [4.69, 9.17) is 15.3 Å². The molecule has 3 N–H and O–H groups in total. The number of nitrogens with two attached hydrogens (primary N) is 1. The zero-order valence-corrected chi connectivity index (χ0v) is 7.84. The van der Waals surface area contributed by atoms with Gasteiger partial charge in [-0.15, -0.1) is 0 Å². The van der Waals surface area contributed by atoms with Crippen LogP contribution in [0.4, 0.5) is 0 Å². The molecule has 0 atom stereocenters. The predicted molar refractivity (Wildman–Crippen MR) is 48.8 cm³/mol. The molecule has 0 fully saturated rings. The van der Waals surface area contributed by atoms with E-state index in [0.717, 1.165) is 0 Å². The number of esters is 1. The second kappa shape index (κ2) is 7.72. The number of carbonyl (C=O) groups is 1. The first-order chi connectivity index (χ1) is 6.18. The summed E-state index contributed by atoms with van der Waals surface area (Å²) < 4.78 is 4.75. The number of hydrogen-bond donors (Lipinski definition) is 2. The SMILES string of the molecule is C=C(C)C(=O)OCCONCCN. The molecular weight excluding hydrogens is 172 g/mol. The van der Waals surface area contributed by atoms with Crippen molar-refractivity contribution in [3.05, 3.63) is 12.2 Å². The Labute approximate surface area is 77.8 Å². The Hall–Kier alpha value is -0.910. The average Bonchev–Trinajstić information content (AvgIpc) is 2.10. The molecule has 0 aromatic rings. The molecule has 0 spiro atoms. The van der Waals surface area contributed by atoms with Gasteiger partial charge in [0.15, 0.2) is 0 Å². The van der Waals surface area contributed by atoms with Crippen molar-refractivity contribution in [2.45, 2.75) is 6.92 Å². The number of hydroxylamine groups is 1. The van der Waals surface area contributed by atoms with Crippen LogP contribution in [0, 0.1) is 0 Å². The third-order valence-electron chi connectivity index (χ3n) is 1.12. The maximum absolute atomic E-state index is 10.8. The van der Waals surface area contributed by atoms with Gasteiger partial charge in [0.25, 0.3) is 0 Å². The molecule has 0 aliphatic rings. The van der Waals surface area contributed by atoms with Crippen LogP contribution in [-0.2, 0) is 14.4 Å². The average molecular weight is 188 g/mol. The fourth-order valence-corrected chi connectivity index (χ4v) is 0.502. The summed E-state index contributed by atoms with van der Waals surface area (Å²) in [5, 5.41) is 0. The van der Waals surface area contributed by atoms with Gasteiger partial charge in [0.2, 0.25) is 0 Å². The van der Waals surface area contributed by atoms with Gasteiger partial charge in [-0.1, -0.05) is 6.58 Å². The van der Waals surface area contributed by atoms with Crippen LogP contribution in [0.25, 0.3) is 0 Å². The third-order valence-corrected chi connectivity index (χ3v) is 1.12. The smallest absolute Gasteiger partial charge is 0.333 e. The van der Waals surface area contributed by atoms with Crippen LogP contribution in [-0.4, -0.2) is 32.3 Å². The van der Waals surface area contributed by atoms with Crippen molar-refractivity contribution in [1.29, 1.82) is 0 Å². The normalized spacial score (nSPS) is 9.69. The van der Waals surface area contributed by atoms with Gasteiger partial charge in [-0.3, -0.25) is 4.84 Å². The van der Waals surface area contributed by atoms with E-state index < -0.39 is 5.97 Å². The van der Waals surface area contributed by atoms with Crippen molar-refractivity contribution in [1.82, 2.24) is 5.48 Å². The molecular formula is C8H16N2O3.